The van der Waals surface area contributed by atoms with E-state index >= 15 is 0 Å². The van der Waals surface area contributed by atoms with Gasteiger partial charge in [0.05, 0.1) is 11.3 Å². The first-order chi connectivity index (χ1) is 8.97. The zero-order chi connectivity index (χ0) is 14.0. The molecule has 2 nitrogen and oxygen atoms in total. The summed E-state index contributed by atoms with van der Waals surface area (Å²) in [6.45, 7) is 0. The number of halogens is 4. The molecule has 2 aromatic rings. The minimum Gasteiger partial charge on any atom is -0.321 e. The number of carbonyl (C=O) groups is 1. The van der Waals surface area contributed by atoms with Gasteiger partial charge in [-0.25, -0.2) is 13.2 Å². The molecule has 0 bridgehead atoms. The maximum Gasteiger partial charge on any atom is 0.258 e. The van der Waals surface area contributed by atoms with Crippen molar-refractivity contribution in [2.45, 2.75) is 0 Å². The van der Waals surface area contributed by atoms with Crippen molar-refractivity contribution >= 4 is 34.2 Å². The lowest BCUT2D eigenvalue weighted by atomic mass is 10.2. The molecule has 0 spiro atoms. The highest BCUT2D eigenvalue weighted by molar-refractivity contribution is 14.1. The third-order valence-corrected chi connectivity index (χ3v) is 3.25. The van der Waals surface area contributed by atoms with E-state index in [2.05, 4.69) is 5.32 Å². The number of anilines is 1. The summed E-state index contributed by atoms with van der Waals surface area (Å²) in [6, 6.07) is 6.46. The molecule has 2 rings (SSSR count). The molecule has 0 heterocycles. The van der Waals surface area contributed by atoms with Gasteiger partial charge >= 0.3 is 0 Å². The molecule has 1 N–H and O–H groups in total. The summed E-state index contributed by atoms with van der Waals surface area (Å²) in [6.07, 6.45) is 0. The van der Waals surface area contributed by atoms with Gasteiger partial charge in [0.15, 0.2) is 0 Å². The Kier molecular flexibility index (Phi) is 4.08. The molecular weight excluding hydrogens is 370 g/mol. The quantitative estimate of drug-likeness (QED) is 0.789. The Hall–Kier alpha value is -1.57. The number of rotatable bonds is 2. The fourth-order valence-corrected chi connectivity index (χ4v) is 2.07. The highest BCUT2D eigenvalue weighted by Crippen LogP contribution is 2.20. The Bertz CT molecular complexity index is 646. The van der Waals surface area contributed by atoms with Gasteiger partial charge in [0.2, 0.25) is 0 Å². The van der Waals surface area contributed by atoms with Crippen molar-refractivity contribution in [1.82, 2.24) is 0 Å². The average molecular weight is 377 g/mol. The van der Waals surface area contributed by atoms with Crippen LogP contribution in [0.3, 0.4) is 0 Å². The first-order valence-corrected chi connectivity index (χ1v) is 6.26. The van der Waals surface area contributed by atoms with Gasteiger partial charge in [0.1, 0.15) is 17.5 Å². The Morgan fingerprint density at radius 1 is 1.00 bits per heavy atom. The summed E-state index contributed by atoms with van der Waals surface area (Å²) in [7, 11) is 0. The fraction of sp³-hybridized carbons (Fsp3) is 0. The van der Waals surface area contributed by atoms with Crippen molar-refractivity contribution in [2.75, 3.05) is 5.32 Å². The van der Waals surface area contributed by atoms with Crippen molar-refractivity contribution in [3.63, 3.8) is 0 Å². The second-order valence-electron chi connectivity index (χ2n) is 3.70. The maximum absolute atomic E-state index is 13.4. The minimum atomic E-state index is -0.949. The Labute approximate surface area is 120 Å². The molecule has 0 atom stereocenters. The van der Waals surface area contributed by atoms with Crippen LogP contribution in [-0.4, -0.2) is 5.91 Å². The molecule has 0 aromatic heterocycles. The lowest BCUT2D eigenvalue weighted by Crippen LogP contribution is -2.14. The predicted octanol–water partition coefficient (Wildman–Crippen LogP) is 3.96. The third kappa shape index (κ3) is 3.25. The SMILES string of the molecule is O=C(Nc1ccc(F)cc1I)c1ccc(F)cc1F. The molecular formula is C13H7F3INO. The molecule has 2 aromatic carbocycles. The molecule has 0 radical (unpaired) electrons. The normalized spacial score (nSPS) is 10.3. The van der Waals surface area contributed by atoms with Crippen molar-refractivity contribution in [1.29, 1.82) is 0 Å². The standard InChI is InChI=1S/C13H7F3INO/c14-7-1-3-9(10(16)5-7)13(19)18-12-4-2-8(15)6-11(12)17/h1-6H,(H,18,19). The average Bonchev–Trinajstić information content (AvgIpc) is 2.32. The summed E-state index contributed by atoms with van der Waals surface area (Å²) in [5, 5.41) is 2.44. The molecule has 0 saturated heterocycles. The van der Waals surface area contributed by atoms with Gasteiger partial charge in [-0.2, -0.15) is 0 Å². The highest BCUT2D eigenvalue weighted by atomic mass is 127. The van der Waals surface area contributed by atoms with E-state index in [-0.39, 0.29) is 5.56 Å². The molecule has 1 amide bonds. The molecule has 0 saturated carbocycles. The van der Waals surface area contributed by atoms with E-state index < -0.39 is 23.4 Å². The number of benzene rings is 2. The molecule has 0 aliphatic heterocycles. The van der Waals surface area contributed by atoms with E-state index in [0.717, 1.165) is 12.1 Å². The zero-order valence-electron chi connectivity index (χ0n) is 9.38. The number of hydrogen-bond acceptors (Lipinski definition) is 1. The number of hydrogen-bond donors (Lipinski definition) is 1. The van der Waals surface area contributed by atoms with E-state index in [4.69, 9.17) is 0 Å². The van der Waals surface area contributed by atoms with Gasteiger partial charge in [0, 0.05) is 9.64 Å². The molecule has 0 fully saturated rings. The van der Waals surface area contributed by atoms with Gasteiger partial charge < -0.3 is 5.32 Å². The Morgan fingerprint density at radius 2 is 1.63 bits per heavy atom. The molecule has 98 valence electrons. The molecule has 0 aliphatic carbocycles. The van der Waals surface area contributed by atoms with Crippen LogP contribution in [0, 0.1) is 21.0 Å². The first-order valence-electron chi connectivity index (χ1n) is 5.19. The topological polar surface area (TPSA) is 29.1 Å². The van der Waals surface area contributed by atoms with E-state index in [0.29, 0.717) is 15.3 Å². The van der Waals surface area contributed by atoms with Gasteiger partial charge in [-0.3, -0.25) is 4.79 Å². The maximum atomic E-state index is 13.4. The van der Waals surface area contributed by atoms with Crippen molar-refractivity contribution in [3.8, 4) is 0 Å². The second-order valence-corrected chi connectivity index (χ2v) is 4.86. The van der Waals surface area contributed by atoms with Crippen LogP contribution >= 0.6 is 22.6 Å². The van der Waals surface area contributed by atoms with Crippen LogP contribution < -0.4 is 5.32 Å². The van der Waals surface area contributed by atoms with Crippen LogP contribution in [0.1, 0.15) is 10.4 Å². The lowest BCUT2D eigenvalue weighted by Gasteiger charge is -2.08. The third-order valence-electron chi connectivity index (χ3n) is 2.36. The smallest absolute Gasteiger partial charge is 0.258 e. The van der Waals surface area contributed by atoms with E-state index in [1.807, 2.05) is 22.6 Å². The summed E-state index contributed by atoms with van der Waals surface area (Å²) in [5.74, 6) is -2.86. The summed E-state index contributed by atoms with van der Waals surface area (Å²) in [5.41, 5.74) is 0.0808. The largest absolute Gasteiger partial charge is 0.321 e. The molecule has 19 heavy (non-hydrogen) atoms. The van der Waals surface area contributed by atoms with Gasteiger partial charge in [-0.05, 0) is 52.9 Å². The van der Waals surface area contributed by atoms with Gasteiger partial charge in [-0.15, -0.1) is 0 Å². The minimum absolute atomic E-state index is 0.276. The Balaban J connectivity index is 2.25. The van der Waals surface area contributed by atoms with Crippen LogP contribution in [0.2, 0.25) is 0 Å². The summed E-state index contributed by atoms with van der Waals surface area (Å²) < 4.78 is 39.5. The summed E-state index contributed by atoms with van der Waals surface area (Å²) in [4.78, 5) is 11.8. The van der Waals surface area contributed by atoms with Crippen molar-refractivity contribution in [3.05, 3.63) is 63.0 Å². The number of nitrogens with one attached hydrogen (secondary N) is 1. The zero-order valence-corrected chi connectivity index (χ0v) is 11.5. The van der Waals surface area contributed by atoms with Gasteiger partial charge in [-0.1, -0.05) is 0 Å². The molecule has 6 heteroatoms. The number of amides is 1. The number of carbonyl (C=O) groups excluding carboxylic acids is 1. The Morgan fingerprint density at radius 3 is 2.26 bits per heavy atom. The lowest BCUT2D eigenvalue weighted by molar-refractivity contribution is 0.102. The van der Waals surface area contributed by atoms with Crippen molar-refractivity contribution in [2.24, 2.45) is 0 Å². The molecule has 0 unspecified atom stereocenters. The van der Waals surface area contributed by atoms with E-state index in [1.165, 1.54) is 18.2 Å². The van der Waals surface area contributed by atoms with Crippen LogP contribution in [0.25, 0.3) is 0 Å². The van der Waals surface area contributed by atoms with Crippen LogP contribution in [-0.2, 0) is 0 Å². The van der Waals surface area contributed by atoms with Gasteiger partial charge in [0.25, 0.3) is 5.91 Å². The molecule has 0 aliphatic rings. The summed E-state index contributed by atoms with van der Waals surface area (Å²) >= 11 is 1.84. The van der Waals surface area contributed by atoms with Crippen LogP contribution in [0.5, 0.6) is 0 Å². The van der Waals surface area contributed by atoms with Crippen molar-refractivity contribution < 1.29 is 18.0 Å². The highest BCUT2D eigenvalue weighted by Gasteiger charge is 2.14. The van der Waals surface area contributed by atoms with Crippen LogP contribution in [0.15, 0.2) is 36.4 Å². The fourth-order valence-electron chi connectivity index (χ4n) is 1.45. The van der Waals surface area contributed by atoms with E-state index in [1.54, 1.807) is 0 Å². The predicted molar refractivity (Wildman–Crippen MR) is 73.4 cm³/mol. The second kappa shape index (κ2) is 5.60. The first kappa shape index (κ1) is 13.9. The monoisotopic (exact) mass is 377 g/mol. The van der Waals surface area contributed by atoms with Crippen LogP contribution in [0.4, 0.5) is 18.9 Å². The van der Waals surface area contributed by atoms with E-state index in [9.17, 15) is 18.0 Å².